The molecular formula is C5H6INO2. The molecule has 0 aliphatic rings. The fraction of sp³-hybridized carbons (Fsp3) is 0.400. The van der Waals surface area contributed by atoms with Crippen molar-refractivity contribution in [2.24, 2.45) is 0 Å². The number of aryl methyl sites for hydroxylation is 1. The number of halogens is 1. The highest BCUT2D eigenvalue weighted by Gasteiger charge is 2.06. The molecule has 0 atom stereocenters. The number of rotatable bonds is 1. The zero-order chi connectivity index (χ0) is 6.85. The third-order valence-corrected chi connectivity index (χ3v) is 2.38. The van der Waals surface area contributed by atoms with E-state index in [1.54, 1.807) is 0 Å². The van der Waals surface area contributed by atoms with Crippen LogP contribution in [0, 0.1) is 10.5 Å². The van der Waals surface area contributed by atoms with Crippen molar-refractivity contribution in [3.63, 3.8) is 0 Å². The molecule has 0 fully saturated rings. The summed E-state index contributed by atoms with van der Waals surface area (Å²) in [6, 6.07) is 0. The Morgan fingerprint density at radius 1 is 1.78 bits per heavy atom. The van der Waals surface area contributed by atoms with Gasteiger partial charge in [-0.15, -0.1) is 0 Å². The van der Waals surface area contributed by atoms with E-state index in [0.717, 1.165) is 9.26 Å². The van der Waals surface area contributed by atoms with Crippen LogP contribution in [0.3, 0.4) is 0 Å². The molecule has 50 valence electrons. The van der Waals surface area contributed by atoms with Gasteiger partial charge in [-0.1, -0.05) is 5.16 Å². The Kier molecular flexibility index (Phi) is 2.07. The Bertz CT molecular complexity index is 209. The second kappa shape index (κ2) is 2.66. The van der Waals surface area contributed by atoms with E-state index in [1.807, 2.05) is 6.92 Å². The van der Waals surface area contributed by atoms with Crippen LogP contribution < -0.4 is 0 Å². The minimum Gasteiger partial charge on any atom is -0.388 e. The maximum absolute atomic E-state index is 8.59. The predicted octanol–water partition coefficient (Wildman–Crippen LogP) is 1.08. The molecule has 1 N–H and O–H groups in total. The summed E-state index contributed by atoms with van der Waals surface area (Å²) in [5, 5.41) is 12.2. The molecule has 0 saturated heterocycles. The van der Waals surface area contributed by atoms with Crippen molar-refractivity contribution in [3.8, 4) is 0 Å². The van der Waals surface area contributed by atoms with Crippen LogP contribution in [0.4, 0.5) is 0 Å². The van der Waals surface area contributed by atoms with E-state index in [2.05, 4.69) is 27.7 Å². The largest absolute Gasteiger partial charge is 0.388 e. The van der Waals surface area contributed by atoms with E-state index in [1.165, 1.54) is 0 Å². The van der Waals surface area contributed by atoms with Gasteiger partial charge in [-0.3, -0.25) is 0 Å². The summed E-state index contributed by atoms with van der Waals surface area (Å²) in [6.07, 6.45) is 0. The maximum Gasteiger partial charge on any atom is 0.175 e. The predicted molar refractivity (Wildman–Crippen MR) is 39.9 cm³/mol. The van der Waals surface area contributed by atoms with E-state index in [4.69, 9.17) is 9.63 Å². The van der Waals surface area contributed by atoms with Gasteiger partial charge in [0.25, 0.3) is 0 Å². The van der Waals surface area contributed by atoms with Crippen LogP contribution in [0.15, 0.2) is 4.52 Å². The lowest BCUT2D eigenvalue weighted by Gasteiger charge is -1.83. The van der Waals surface area contributed by atoms with Crippen LogP contribution >= 0.6 is 22.6 Å². The molecule has 0 aliphatic heterocycles. The number of aliphatic hydroxyl groups excluding tert-OH is 1. The zero-order valence-corrected chi connectivity index (χ0v) is 7.05. The molecule has 0 amide bonds. The monoisotopic (exact) mass is 239 g/mol. The molecule has 0 bridgehead atoms. The van der Waals surface area contributed by atoms with E-state index in [9.17, 15) is 0 Å². The van der Waals surface area contributed by atoms with Crippen molar-refractivity contribution in [1.29, 1.82) is 0 Å². The van der Waals surface area contributed by atoms with Crippen molar-refractivity contribution in [2.75, 3.05) is 0 Å². The summed E-state index contributed by atoms with van der Waals surface area (Å²) < 4.78 is 5.65. The first-order valence-corrected chi connectivity index (χ1v) is 3.55. The summed E-state index contributed by atoms with van der Waals surface area (Å²) in [5.41, 5.74) is 0.833. The zero-order valence-electron chi connectivity index (χ0n) is 4.89. The third kappa shape index (κ3) is 1.24. The minimum absolute atomic E-state index is 0.0703. The average Bonchev–Trinajstić information content (AvgIpc) is 2.15. The third-order valence-electron chi connectivity index (χ3n) is 0.999. The van der Waals surface area contributed by atoms with Crippen LogP contribution in [0.5, 0.6) is 0 Å². The number of aliphatic hydroxyl groups is 1. The van der Waals surface area contributed by atoms with Crippen LogP contribution in [0.25, 0.3) is 0 Å². The standard InChI is InChI=1S/C5H6INO2/c1-3-5(6)4(2-8)9-7-3/h8H,2H2,1H3. The van der Waals surface area contributed by atoms with Crippen LogP contribution in [0.1, 0.15) is 11.5 Å². The van der Waals surface area contributed by atoms with Crippen LogP contribution in [0.2, 0.25) is 0 Å². The molecule has 0 aliphatic carbocycles. The Labute approximate surface area is 66.2 Å². The van der Waals surface area contributed by atoms with Gasteiger partial charge in [-0.25, -0.2) is 0 Å². The number of aromatic nitrogens is 1. The molecule has 1 rings (SSSR count). The molecule has 1 aromatic rings. The smallest absolute Gasteiger partial charge is 0.175 e. The Morgan fingerprint density at radius 3 is 2.67 bits per heavy atom. The Balaban J connectivity index is 3.04. The van der Waals surface area contributed by atoms with Gasteiger partial charge >= 0.3 is 0 Å². The summed E-state index contributed by atoms with van der Waals surface area (Å²) in [7, 11) is 0. The van der Waals surface area contributed by atoms with E-state index in [0.29, 0.717) is 5.76 Å². The minimum atomic E-state index is -0.0703. The molecule has 1 heterocycles. The van der Waals surface area contributed by atoms with E-state index < -0.39 is 0 Å². The second-order valence-corrected chi connectivity index (χ2v) is 2.74. The molecule has 0 unspecified atom stereocenters. The summed E-state index contributed by atoms with van der Waals surface area (Å²) in [4.78, 5) is 0. The SMILES string of the molecule is Cc1noc(CO)c1I. The lowest BCUT2D eigenvalue weighted by molar-refractivity contribution is 0.227. The van der Waals surface area contributed by atoms with Gasteiger partial charge in [0.1, 0.15) is 6.61 Å². The van der Waals surface area contributed by atoms with Gasteiger partial charge in [-0.05, 0) is 29.5 Å². The molecule has 4 heteroatoms. The fourth-order valence-corrected chi connectivity index (χ4v) is 0.871. The Hall–Kier alpha value is -0.100. The summed E-state index contributed by atoms with van der Waals surface area (Å²) >= 11 is 2.08. The number of nitrogens with zero attached hydrogens (tertiary/aromatic N) is 1. The first-order chi connectivity index (χ1) is 4.25. The molecule has 0 spiro atoms. The molecule has 1 aromatic heterocycles. The van der Waals surface area contributed by atoms with Gasteiger partial charge in [0.05, 0.1) is 9.26 Å². The highest BCUT2D eigenvalue weighted by atomic mass is 127. The molecule has 0 saturated carbocycles. The number of hydrogen-bond acceptors (Lipinski definition) is 3. The van der Waals surface area contributed by atoms with Crippen LogP contribution in [-0.2, 0) is 6.61 Å². The van der Waals surface area contributed by atoms with Gasteiger partial charge in [-0.2, -0.15) is 0 Å². The topological polar surface area (TPSA) is 46.3 Å². The van der Waals surface area contributed by atoms with E-state index >= 15 is 0 Å². The van der Waals surface area contributed by atoms with Crippen molar-refractivity contribution in [2.45, 2.75) is 13.5 Å². The molecule has 0 radical (unpaired) electrons. The first kappa shape index (κ1) is 7.01. The maximum atomic E-state index is 8.59. The van der Waals surface area contributed by atoms with Gasteiger partial charge in [0.2, 0.25) is 0 Å². The molecule has 9 heavy (non-hydrogen) atoms. The summed E-state index contributed by atoms with van der Waals surface area (Å²) in [6.45, 7) is 1.77. The van der Waals surface area contributed by atoms with Gasteiger partial charge in [0.15, 0.2) is 5.76 Å². The lowest BCUT2D eigenvalue weighted by Crippen LogP contribution is -1.81. The average molecular weight is 239 g/mol. The molecule has 3 nitrogen and oxygen atoms in total. The summed E-state index contributed by atoms with van der Waals surface area (Å²) in [5.74, 6) is 0.549. The van der Waals surface area contributed by atoms with E-state index in [-0.39, 0.29) is 6.61 Å². The van der Waals surface area contributed by atoms with Gasteiger partial charge < -0.3 is 9.63 Å². The van der Waals surface area contributed by atoms with Crippen molar-refractivity contribution in [3.05, 3.63) is 15.0 Å². The fourth-order valence-electron chi connectivity index (χ4n) is 0.504. The highest BCUT2D eigenvalue weighted by Crippen LogP contribution is 2.14. The normalized spacial score (nSPS) is 10.1. The van der Waals surface area contributed by atoms with Crippen molar-refractivity contribution in [1.82, 2.24) is 5.16 Å². The second-order valence-electron chi connectivity index (χ2n) is 1.66. The molecule has 0 aromatic carbocycles. The van der Waals surface area contributed by atoms with Gasteiger partial charge in [0, 0.05) is 0 Å². The number of hydrogen-bond donors (Lipinski definition) is 1. The lowest BCUT2D eigenvalue weighted by atomic mass is 10.4. The van der Waals surface area contributed by atoms with Crippen LogP contribution in [-0.4, -0.2) is 10.3 Å². The van der Waals surface area contributed by atoms with Crippen molar-refractivity contribution >= 4 is 22.6 Å². The van der Waals surface area contributed by atoms with Crippen molar-refractivity contribution < 1.29 is 9.63 Å². The molecular weight excluding hydrogens is 233 g/mol. The Morgan fingerprint density at radius 2 is 2.44 bits per heavy atom. The highest BCUT2D eigenvalue weighted by molar-refractivity contribution is 14.1. The quantitative estimate of drug-likeness (QED) is 0.746. The first-order valence-electron chi connectivity index (χ1n) is 2.47.